The van der Waals surface area contributed by atoms with Crippen LogP contribution >= 0.6 is 0 Å². The number of ether oxygens (including phenoxy) is 1. The Bertz CT molecular complexity index is 178. The average molecular weight is 212 g/mol. The molecule has 2 aliphatic heterocycles. The van der Waals surface area contributed by atoms with Crippen molar-refractivity contribution in [3.8, 4) is 0 Å². The summed E-state index contributed by atoms with van der Waals surface area (Å²) in [6, 6.07) is 0.730. The van der Waals surface area contributed by atoms with Gasteiger partial charge in [-0.1, -0.05) is 6.42 Å². The molecule has 0 amide bonds. The highest BCUT2D eigenvalue weighted by Crippen LogP contribution is 2.22. The van der Waals surface area contributed by atoms with Gasteiger partial charge in [0.05, 0.1) is 6.10 Å². The van der Waals surface area contributed by atoms with Crippen LogP contribution in [0.25, 0.3) is 0 Å². The van der Waals surface area contributed by atoms with Crippen LogP contribution in [0.4, 0.5) is 0 Å². The highest BCUT2D eigenvalue weighted by atomic mass is 16.5. The predicted octanol–water partition coefficient (Wildman–Crippen LogP) is 1.37. The molecule has 3 nitrogen and oxygen atoms in total. The Morgan fingerprint density at radius 1 is 1.20 bits per heavy atom. The molecule has 2 saturated heterocycles. The zero-order valence-electron chi connectivity index (χ0n) is 9.66. The molecule has 0 spiro atoms. The van der Waals surface area contributed by atoms with Gasteiger partial charge < -0.3 is 10.5 Å². The lowest BCUT2D eigenvalue weighted by Gasteiger charge is -2.36. The second-order valence-corrected chi connectivity index (χ2v) is 4.86. The minimum Gasteiger partial charge on any atom is -0.377 e. The topological polar surface area (TPSA) is 38.5 Å². The maximum absolute atomic E-state index is 5.71. The third-order valence-corrected chi connectivity index (χ3v) is 3.71. The second kappa shape index (κ2) is 5.83. The molecule has 2 rings (SSSR count). The standard InChI is InChI=1S/C12H24N2O/c13-7-6-11-4-1-2-8-14(11)10-12-5-3-9-15-12/h11-12H,1-10,13H2. The van der Waals surface area contributed by atoms with E-state index in [0.717, 1.165) is 32.2 Å². The molecule has 2 heterocycles. The molecule has 88 valence electrons. The van der Waals surface area contributed by atoms with Crippen LogP contribution in [-0.2, 0) is 4.74 Å². The normalized spacial score (nSPS) is 33.4. The fourth-order valence-electron chi connectivity index (χ4n) is 2.87. The summed E-state index contributed by atoms with van der Waals surface area (Å²) < 4.78 is 5.71. The van der Waals surface area contributed by atoms with Crippen molar-refractivity contribution in [2.24, 2.45) is 5.73 Å². The van der Waals surface area contributed by atoms with Crippen LogP contribution in [0.5, 0.6) is 0 Å². The third-order valence-electron chi connectivity index (χ3n) is 3.71. The Balaban J connectivity index is 1.80. The summed E-state index contributed by atoms with van der Waals surface area (Å²) in [5, 5.41) is 0. The molecule has 0 aromatic carbocycles. The van der Waals surface area contributed by atoms with E-state index in [2.05, 4.69) is 4.90 Å². The molecule has 3 heteroatoms. The molecule has 2 aliphatic rings. The summed E-state index contributed by atoms with van der Waals surface area (Å²) in [4.78, 5) is 2.62. The van der Waals surface area contributed by atoms with Gasteiger partial charge in [-0.2, -0.15) is 0 Å². The predicted molar refractivity (Wildman–Crippen MR) is 61.9 cm³/mol. The number of nitrogens with zero attached hydrogens (tertiary/aromatic N) is 1. The van der Waals surface area contributed by atoms with Gasteiger partial charge in [0.1, 0.15) is 0 Å². The number of likely N-dealkylation sites (tertiary alicyclic amines) is 1. The number of hydrogen-bond donors (Lipinski definition) is 1. The van der Waals surface area contributed by atoms with Gasteiger partial charge in [-0.3, -0.25) is 4.90 Å². The van der Waals surface area contributed by atoms with Crippen molar-refractivity contribution in [1.82, 2.24) is 4.90 Å². The maximum atomic E-state index is 5.71. The molecule has 0 radical (unpaired) electrons. The lowest BCUT2D eigenvalue weighted by molar-refractivity contribution is 0.0428. The number of hydrogen-bond acceptors (Lipinski definition) is 3. The van der Waals surface area contributed by atoms with Crippen LogP contribution in [0.3, 0.4) is 0 Å². The Morgan fingerprint density at radius 3 is 2.87 bits per heavy atom. The van der Waals surface area contributed by atoms with Crippen LogP contribution in [0.15, 0.2) is 0 Å². The molecule has 2 atom stereocenters. The zero-order chi connectivity index (χ0) is 10.5. The average Bonchev–Trinajstić information content (AvgIpc) is 2.74. The summed E-state index contributed by atoms with van der Waals surface area (Å²) in [6.07, 6.45) is 8.24. The first-order chi connectivity index (χ1) is 7.40. The van der Waals surface area contributed by atoms with E-state index < -0.39 is 0 Å². The van der Waals surface area contributed by atoms with Crippen molar-refractivity contribution in [2.45, 2.75) is 50.7 Å². The lowest BCUT2D eigenvalue weighted by atomic mass is 9.98. The number of nitrogens with two attached hydrogens (primary N) is 1. The van der Waals surface area contributed by atoms with Crippen LogP contribution in [0.2, 0.25) is 0 Å². The van der Waals surface area contributed by atoms with Crippen molar-refractivity contribution in [3.63, 3.8) is 0 Å². The van der Waals surface area contributed by atoms with E-state index in [4.69, 9.17) is 10.5 Å². The van der Waals surface area contributed by atoms with Gasteiger partial charge in [-0.05, 0) is 45.2 Å². The minimum atomic E-state index is 0.503. The third kappa shape index (κ3) is 3.16. The van der Waals surface area contributed by atoms with Gasteiger partial charge in [-0.25, -0.2) is 0 Å². The Labute approximate surface area is 93.0 Å². The van der Waals surface area contributed by atoms with Crippen molar-refractivity contribution in [1.29, 1.82) is 0 Å². The Morgan fingerprint density at radius 2 is 2.13 bits per heavy atom. The molecular weight excluding hydrogens is 188 g/mol. The molecule has 2 unspecified atom stereocenters. The fourth-order valence-corrected chi connectivity index (χ4v) is 2.87. The van der Waals surface area contributed by atoms with Gasteiger partial charge in [0.2, 0.25) is 0 Å². The summed E-state index contributed by atoms with van der Waals surface area (Å²) in [7, 11) is 0. The molecule has 0 saturated carbocycles. The molecular formula is C12H24N2O. The maximum Gasteiger partial charge on any atom is 0.0702 e. The first-order valence-electron chi connectivity index (χ1n) is 6.46. The summed E-state index contributed by atoms with van der Waals surface area (Å²) in [6.45, 7) is 4.20. The minimum absolute atomic E-state index is 0.503. The quantitative estimate of drug-likeness (QED) is 0.765. The van der Waals surface area contributed by atoms with Gasteiger partial charge in [0.25, 0.3) is 0 Å². The lowest BCUT2D eigenvalue weighted by Crippen LogP contribution is -2.44. The van der Waals surface area contributed by atoms with E-state index in [9.17, 15) is 0 Å². The molecule has 2 N–H and O–H groups in total. The monoisotopic (exact) mass is 212 g/mol. The van der Waals surface area contributed by atoms with Gasteiger partial charge in [0.15, 0.2) is 0 Å². The number of piperidine rings is 1. The van der Waals surface area contributed by atoms with Crippen molar-refractivity contribution < 1.29 is 4.74 Å². The molecule has 0 aliphatic carbocycles. The summed E-state index contributed by atoms with van der Waals surface area (Å²) in [5.41, 5.74) is 5.67. The zero-order valence-corrected chi connectivity index (χ0v) is 9.66. The van der Waals surface area contributed by atoms with E-state index in [1.54, 1.807) is 0 Å². The van der Waals surface area contributed by atoms with E-state index in [-0.39, 0.29) is 0 Å². The van der Waals surface area contributed by atoms with Crippen LogP contribution < -0.4 is 5.73 Å². The van der Waals surface area contributed by atoms with Crippen molar-refractivity contribution in [2.75, 3.05) is 26.2 Å². The first kappa shape index (κ1) is 11.4. The highest BCUT2D eigenvalue weighted by Gasteiger charge is 2.26. The molecule has 2 fully saturated rings. The molecule has 15 heavy (non-hydrogen) atoms. The second-order valence-electron chi connectivity index (χ2n) is 4.86. The fraction of sp³-hybridized carbons (Fsp3) is 1.00. The largest absolute Gasteiger partial charge is 0.377 e. The number of rotatable bonds is 4. The Hall–Kier alpha value is -0.120. The Kier molecular flexibility index (Phi) is 4.42. The van der Waals surface area contributed by atoms with E-state index in [1.165, 1.54) is 38.6 Å². The van der Waals surface area contributed by atoms with Crippen molar-refractivity contribution >= 4 is 0 Å². The van der Waals surface area contributed by atoms with Gasteiger partial charge in [-0.15, -0.1) is 0 Å². The first-order valence-corrected chi connectivity index (χ1v) is 6.46. The summed E-state index contributed by atoms with van der Waals surface area (Å²) in [5.74, 6) is 0. The molecule has 0 bridgehead atoms. The van der Waals surface area contributed by atoms with E-state index in [1.807, 2.05) is 0 Å². The van der Waals surface area contributed by atoms with Crippen LogP contribution in [0, 0.1) is 0 Å². The van der Waals surface area contributed by atoms with Crippen LogP contribution in [0.1, 0.15) is 38.5 Å². The van der Waals surface area contributed by atoms with Gasteiger partial charge >= 0.3 is 0 Å². The smallest absolute Gasteiger partial charge is 0.0702 e. The summed E-state index contributed by atoms with van der Waals surface area (Å²) >= 11 is 0. The molecule has 0 aromatic rings. The SMILES string of the molecule is NCCC1CCCCN1CC1CCCO1. The molecule has 0 aromatic heterocycles. The van der Waals surface area contributed by atoms with Crippen LogP contribution in [-0.4, -0.2) is 43.3 Å². The van der Waals surface area contributed by atoms with Gasteiger partial charge in [0, 0.05) is 19.2 Å². The van der Waals surface area contributed by atoms with E-state index >= 15 is 0 Å². The van der Waals surface area contributed by atoms with Crippen molar-refractivity contribution in [3.05, 3.63) is 0 Å². The van der Waals surface area contributed by atoms with E-state index in [0.29, 0.717) is 6.10 Å². The highest BCUT2D eigenvalue weighted by molar-refractivity contribution is 4.80.